The van der Waals surface area contributed by atoms with Crippen molar-refractivity contribution in [3.63, 3.8) is 0 Å². The Kier molecular flexibility index (Phi) is 5.51. The fourth-order valence-corrected chi connectivity index (χ4v) is 4.61. The van der Waals surface area contributed by atoms with E-state index in [1.165, 1.54) is 37.7 Å². The third kappa shape index (κ3) is 3.08. The minimum absolute atomic E-state index is 0.120. The smallest absolute Gasteiger partial charge is 0.0614 e. The molecule has 1 aromatic carbocycles. The maximum atomic E-state index is 9.31. The second-order valence-electron chi connectivity index (χ2n) is 6.87. The molecule has 2 N–H and O–H groups in total. The lowest BCUT2D eigenvalue weighted by molar-refractivity contribution is -0.0129. The maximum absolute atomic E-state index is 9.31. The molecule has 1 aliphatic carbocycles. The molecule has 1 aliphatic heterocycles. The van der Waals surface area contributed by atoms with Crippen molar-refractivity contribution in [3.05, 3.63) is 35.9 Å². The van der Waals surface area contributed by atoms with Crippen LogP contribution in [-0.4, -0.2) is 42.8 Å². The van der Waals surface area contributed by atoms with Crippen molar-refractivity contribution in [1.82, 2.24) is 10.2 Å². The van der Waals surface area contributed by atoms with Crippen molar-refractivity contribution in [2.45, 2.75) is 44.1 Å². The Hall–Kier alpha value is -0.900. The summed E-state index contributed by atoms with van der Waals surface area (Å²) in [5, 5.41) is 13.0. The van der Waals surface area contributed by atoms with Crippen LogP contribution in [0.4, 0.5) is 0 Å². The summed E-state index contributed by atoms with van der Waals surface area (Å²) >= 11 is 0. The summed E-state index contributed by atoms with van der Waals surface area (Å²) in [5.41, 5.74) is 1.58. The highest BCUT2D eigenvalue weighted by Gasteiger charge is 2.46. The number of rotatable bonds is 5. The van der Waals surface area contributed by atoms with Crippen LogP contribution in [0.1, 0.15) is 44.1 Å². The molecule has 1 aromatic rings. The molecule has 1 heterocycles. The summed E-state index contributed by atoms with van der Waals surface area (Å²) < 4.78 is 0. The quantitative estimate of drug-likeness (QED) is 0.878. The van der Waals surface area contributed by atoms with E-state index in [-0.39, 0.29) is 5.54 Å². The molecular weight excluding hydrogens is 272 g/mol. The highest BCUT2D eigenvalue weighted by Crippen LogP contribution is 2.44. The zero-order valence-corrected chi connectivity index (χ0v) is 13.6. The van der Waals surface area contributed by atoms with Crippen molar-refractivity contribution >= 4 is 0 Å². The van der Waals surface area contributed by atoms with Crippen LogP contribution in [0.25, 0.3) is 0 Å². The lowest BCUT2D eigenvalue weighted by Crippen LogP contribution is -2.63. The van der Waals surface area contributed by atoms with Gasteiger partial charge in [0, 0.05) is 32.8 Å². The van der Waals surface area contributed by atoms with E-state index in [2.05, 4.69) is 40.5 Å². The van der Waals surface area contributed by atoms with E-state index < -0.39 is 0 Å². The van der Waals surface area contributed by atoms with Crippen molar-refractivity contribution in [2.75, 3.05) is 32.8 Å². The number of benzene rings is 1. The van der Waals surface area contributed by atoms with Crippen LogP contribution in [0.2, 0.25) is 0 Å². The first kappa shape index (κ1) is 16.0. The Balaban J connectivity index is 1.96. The molecule has 3 rings (SSSR count). The standard InChI is InChI=1S/C19H30N2O/c22-15-7-13-21-14-12-20-16-19(21,17-8-3-1-4-9-17)18-10-5-2-6-11-18/h1,3-4,8-9,18,20,22H,2,5-7,10-16H2. The molecule has 2 fully saturated rings. The van der Waals surface area contributed by atoms with Crippen LogP contribution in [0.5, 0.6) is 0 Å². The first-order valence-corrected chi connectivity index (χ1v) is 9.00. The third-order valence-corrected chi connectivity index (χ3v) is 5.66. The van der Waals surface area contributed by atoms with Gasteiger partial charge in [0.15, 0.2) is 0 Å². The van der Waals surface area contributed by atoms with Crippen molar-refractivity contribution in [1.29, 1.82) is 0 Å². The van der Waals surface area contributed by atoms with Crippen LogP contribution < -0.4 is 5.32 Å². The van der Waals surface area contributed by atoms with Crippen molar-refractivity contribution < 1.29 is 5.11 Å². The lowest BCUT2D eigenvalue weighted by Gasteiger charge is -2.53. The van der Waals surface area contributed by atoms with E-state index >= 15 is 0 Å². The van der Waals surface area contributed by atoms with Crippen molar-refractivity contribution in [3.8, 4) is 0 Å². The molecule has 22 heavy (non-hydrogen) atoms. The van der Waals surface area contributed by atoms with Crippen LogP contribution in [0.15, 0.2) is 30.3 Å². The fraction of sp³-hybridized carbons (Fsp3) is 0.684. The molecule has 3 nitrogen and oxygen atoms in total. The normalized spacial score (nSPS) is 27.9. The van der Waals surface area contributed by atoms with Gasteiger partial charge in [-0.2, -0.15) is 0 Å². The molecule has 1 unspecified atom stereocenters. The summed E-state index contributed by atoms with van der Waals surface area (Å²) in [4.78, 5) is 2.67. The van der Waals surface area contributed by atoms with Crippen molar-refractivity contribution in [2.24, 2.45) is 5.92 Å². The number of hydrogen-bond donors (Lipinski definition) is 2. The first-order chi connectivity index (χ1) is 10.9. The summed E-state index contributed by atoms with van der Waals surface area (Å²) in [7, 11) is 0. The predicted octanol–water partition coefficient (Wildman–Crippen LogP) is 2.75. The number of aliphatic hydroxyl groups excluding tert-OH is 1. The van der Waals surface area contributed by atoms with Gasteiger partial charge in [-0.1, -0.05) is 49.6 Å². The third-order valence-electron chi connectivity index (χ3n) is 5.66. The molecule has 0 bridgehead atoms. The number of nitrogens with zero attached hydrogens (tertiary/aromatic N) is 1. The fourth-order valence-electron chi connectivity index (χ4n) is 4.61. The van der Waals surface area contributed by atoms with Crippen LogP contribution >= 0.6 is 0 Å². The lowest BCUT2D eigenvalue weighted by atomic mass is 9.69. The summed E-state index contributed by atoms with van der Waals surface area (Å²) in [6.45, 7) is 4.49. The van der Waals surface area contributed by atoms with Gasteiger partial charge in [-0.25, -0.2) is 0 Å². The molecule has 1 atom stereocenters. The van der Waals surface area contributed by atoms with E-state index in [1.54, 1.807) is 0 Å². The highest BCUT2D eigenvalue weighted by molar-refractivity contribution is 5.28. The SMILES string of the molecule is OCCCN1CCNCC1(c1ccccc1)C1CCCCC1. The molecule has 2 aliphatic rings. The monoisotopic (exact) mass is 302 g/mol. The molecule has 0 spiro atoms. The predicted molar refractivity (Wildman–Crippen MR) is 90.8 cm³/mol. The summed E-state index contributed by atoms with van der Waals surface area (Å²) in [6, 6.07) is 11.1. The number of piperazine rings is 1. The van der Waals surface area contributed by atoms with Gasteiger partial charge in [0.25, 0.3) is 0 Å². The molecular formula is C19H30N2O. The van der Waals surface area contributed by atoms with Gasteiger partial charge in [-0.3, -0.25) is 4.90 Å². The van der Waals surface area contributed by atoms with Crippen LogP contribution in [0, 0.1) is 5.92 Å². The van der Waals surface area contributed by atoms with E-state index in [0.717, 1.165) is 38.5 Å². The van der Waals surface area contributed by atoms with Gasteiger partial charge in [0.2, 0.25) is 0 Å². The number of hydrogen-bond acceptors (Lipinski definition) is 3. The highest BCUT2D eigenvalue weighted by atomic mass is 16.3. The van der Waals surface area contributed by atoms with Gasteiger partial charge in [-0.15, -0.1) is 0 Å². The molecule has 0 aromatic heterocycles. The number of aliphatic hydroxyl groups is 1. The zero-order chi connectivity index (χ0) is 15.3. The van der Waals surface area contributed by atoms with Gasteiger partial charge >= 0.3 is 0 Å². The molecule has 122 valence electrons. The largest absolute Gasteiger partial charge is 0.396 e. The summed E-state index contributed by atoms with van der Waals surface area (Å²) in [6.07, 6.45) is 7.69. The Morgan fingerprint density at radius 2 is 1.91 bits per heavy atom. The minimum Gasteiger partial charge on any atom is -0.396 e. The van der Waals surface area contributed by atoms with Crippen LogP contribution in [-0.2, 0) is 5.54 Å². The Morgan fingerprint density at radius 3 is 2.64 bits per heavy atom. The molecule has 0 amide bonds. The van der Waals surface area contributed by atoms with Gasteiger partial charge in [-0.05, 0) is 30.7 Å². The zero-order valence-electron chi connectivity index (χ0n) is 13.6. The number of nitrogens with one attached hydrogen (secondary N) is 1. The Morgan fingerprint density at radius 1 is 1.14 bits per heavy atom. The Labute approximate surface area is 134 Å². The molecule has 3 heteroatoms. The maximum Gasteiger partial charge on any atom is 0.0614 e. The van der Waals surface area contributed by atoms with E-state index in [0.29, 0.717) is 6.61 Å². The second-order valence-corrected chi connectivity index (χ2v) is 6.87. The average molecular weight is 302 g/mol. The van der Waals surface area contributed by atoms with E-state index in [4.69, 9.17) is 0 Å². The topological polar surface area (TPSA) is 35.5 Å². The van der Waals surface area contributed by atoms with E-state index in [1.807, 2.05) is 0 Å². The summed E-state index contributed by atoms with van der Waals surface area (Å²) in [5.74, 6) is 0.732. The Bertz CT molecular complexity index is 444. The van der Waals surface area contributed by atoms with Crippen LogP contribution in [0.3, 0.4) is 0 Å². The average Bonchev–Trinajstić information content (AvgIpc) is 2.61. The molecule has 1 saturated heterocycles. The van der Waals surface area contributed by atoms with Gasteiger partial charge < -0.3 is 10.4 Å². The van der Waals surface area contributed by atoms with Gasteiger partial charge in [0.1, 0.15) is 0 Å². The van der Waals surface area contributed by atoms with E-state index in [9.17, 15) is 5.11 Å². The first-order valence-electron chi connectivity index (χ1n) is 9.00. The second kappa shape index (κ2) is 7.58. The van der Waals surface area contributed by atoms with Gasteiger partial charge in [0.05, 0.1) is 5.54 Å². The molecule has 1 saturated carbocycles. The molecule has 0 radical (unpaired) electrons. The minimum atomic E-state index is 0.120.